The number of amides is 2. The summed E-state index contributed by atoms with van der Waals surface area (Å²) >= 11 is 0.887. The summed E-state index contributed by atoms with van der Waals surface area (Å²) in [7, 11) is 0. The van der Waals surface area contributed by atoms with Gasteiger partial charge in [-0.05, 0) is 31.5 Å². The van der Waals surface area contributed by atoms with Crippen LogP contribution in [0.1, 0.15) is 32.5 Å². The average Bonchev–Trinajstić information content (AvgIpc) is 2.98. The van der Waals surface area contributed by atoms with E-state index >= 15 is 0 Å². The maximum atomic E-state index is 12.6. The molecule has 0 saturated carbocycles. The van der Waals surface area contributed by atoms with Crippen molar-refractivity contribution in [2.45, 2.75) is 13.8 Å². The number of thiophene rings is 1. The SMILES string of the molecule is CCOC(=O)c1c(NC(=O)/C(N)=N/O)sc(C(=O)Nc2ccccc2)c1C. The normalized spacial score (nSPS) is 11.0. The molecule has 0 spiro atoms. The van der Waals surface area contributed by atoms with Gasteiger partial charge < -0.3 is 26.3 Å². The highest BCUT2D eigenvalue weighted by atomic mass is 32.1. The Hall–Kier alpha value is -3.40. The van der Waals surface area contributed by atoms with Crippen LogP contribution in [-0.4, -0.2) is 35.4 Å². The zero-order chi connectivity index (χ0) is 20.0. The zero-order valence-corrected chi connectivity index (χ0v) is 15.4. The van der Waals surface area contributed by atoms with Crippen molar-refractivity contribution in [3.8, 4) is 0 Å². The van der Waals surface area contributed by atoms with Gasteiger partial charge in [0, 0.05) is 5.69 Å². The summed E-state index contributed by atoms with van der Waals surface area (Å²) in [4.78, 5) is 37.0. The molecule has 0 saturated heterocycles. The standard InChI is InChI=1S/C17H18N4O5S/c1-3-26-17(24)11-9(2)12(14(22)19-10-7-5-4-6-8-10)27-16(11)20-15(23)13(18)21-25/h4-8,25H,3H2,1-2H3,(H2,18,21)(H,19,22)(H,20,23). The van der Waals surface area contributed by atoms with Gasteiger partial charge in [0.25, 0.3) is 11.8 Å². The van der Waals surface area contributed by atoms with Crippen LogP contribution in [0.15, 0.2) is 35.5 Å². The lowest BCUT2D eigenvalue weighted by Gasteiger charge is -2.06. The monoisotopic (exact) mass is 390 g/mol. The molecular weight excluding hydrogens is 372 g/mol. The number of nitrogens with zero attached hydrogens (tertiary/aromatic N) is 1. The number of anilines is 2. The molecule has 0 fully saturated rings. The number of benzene rings is 1. The number of hydrogen-bond acceptors (Lipinski definition) is 7. The van der Waals surface area contributed by atoms with Crippen molar-refractivity contribution in [2.24, 2.45) is 10.9 Å². The van der Waals surface area contributed by atoms with Gasteiger partial charge in [0.2, 0.25) is 5.84 Å². The van der Waals surface area contributed by atoms with Crippen LogP contribution < -0.4 is 16.4 Å². The number of para-hydroxylation sites is 1. The first-order valence-electron chi connectivity index (χ1n) is 7.84. The van der Waals surface area contributed by atoms with E-state index in [0.29, 0.717) is 11.3 Å². The van der Waals surface area contributed by atoms with Gasteiger partial charge in [0.05, 0.1) is 17.0 Å². The van der Waals surface area contributed by atoms with E-state index in [1.54, 1.807) is 38.1 Å². The van der Waals surface area contributed by atoms with E-state index in [-0.39, 0.29) is 22.0 Å². The smallest absolute Gasteiger partial charge is 0.341 e. The van der Waals surface area contributed by atoms with Crippen LogP contribution in [0, 0.1) is 6.92 Å². The summed E-state index contributed by atoms with van der Waals surface area (Å²) in [6.07, 6.45) is 0. The molecular formula is C17H18N4O5S. The molecule has 27 heavy (non-hydrogen) atoms. The molecule has 9 nitrogen and oxygen atoms in total. The molecule has 0 bridgehead atoms. The van der Waals surface area contributed by atoms with Crippen LogP contribution >= 0.6 is 11.3 Å². The predicted octanol–water partition coefficient (Wildman–Crippen LogP) is 2.17. The van der Waals surface area contributed by atoms with Gasteiger partial charge in [-0.1, -0.05) is 23.4 Å². The number of ether oxygens (including phenoxy) is 1. The number of rotatable bonds is 5. The average molecular weight is 390 g/mol. The van der Waals surface area contributed by atoms with E-state index in [0.717, 1.165) is 11.3 Å². The first kappa shape index (κ1) is 19.9. The van der Waals surface area contributed by atoms with Crippen LogP contribution in [0.5, 0.6) is 0 Å². The van der Waals surface area contributed by atoms with Gasteiger partial charge in [-0.25, -0.2) is 4.79 Å². The molecule has 0 unspecified atom stereocenters. The molecule has 2 aromatic rings. The van der Waals surface area contributed by atoms with Crippen LogP contribution in [0.25, 0.3) is 0 Å². The lowest BCUT2D eigenvalue weighted by atomic mass is 10.1. The van der Waals surface area contributed by atoms with E-state index in [9.17, 15) is 14.4 Å². The molecule has 0 radical (unpaired) electrons. The molecule has 1 aromatic carbocycles. The highest BCUT2D eigenvalue weighted by Crippen LogP contribution is 2.34. The van der Waals surface area contributed by atoms with Gasteiger partial charge in [-0.2, -0.15) is 0 Å². The molecule has 1 heterocycles. The van der Waals surface area contributed by atoms with Crippen LogP contribution in [0.2, 0.25) is 0 Å². The molecule has 0 aliphatic carbocycles. The summed E-state index contributed by atoms with van der Waals surface area (Å²) in [5.41, 5.74) is 6.22. The number of hydrogen-bond donors (Lipinski definition) is 4. The fourth-order valence-corrected chi connectivity index (χ4v) is 3.27. The number of esters is 1. The zero-order valence-electron chi connectivity index (χ0n) is 14.6. The topological polar surface area (TPSA) is 143 Å². The molecule has 142 valence electrons. The van der Waals surface area contributed by atoms with Crippen molar-refractivity contribution < 1.29 is 24.3 Å². The molecule has 0 atom stereocenters. The van der Waals surface area contributed by atoms with E-state index in [4.69, 9.17) is 15.7 Å². The number of nitrogens with one attached hydrogen (secondary N) is 2. The number of nitrogens with two attached hydrogens (primary N) is 1. The Balaban J connectivity index is 2.40. The fraction of sp³-hybridized carbons (Fsp3) is 0.176. The van der Waals surface area contributed by atoms with E-state index in [1.165, 1.54) is 0 Å². The van der Waals surface area contributed by atoms with Crippen molar-refractivity contribution in [2.75, 3.05) is 17.2 Å². The fourth-order valence-electron chi connectivity index (χ4n) is 2.19. The van der Waals surface area contributed by atoms with Crippen molar-refractivity contribution in [3.63, 3.8) is 0 Å². The summed E-state index contributed by atoms with van der Waals surface area (Å²) in [6.45, 7) is 3.33. The number of amidine groups is 1. The highest BCUT2D eigenvalue weighted by molar-refractivity contribution is 7.19. The lowest BCUT2D eigenvalue weighted by molar-refractivity contribution is -0.110. The number of carbonyl (C=O) groups is 3. The quantitative estimate of drug-likeness (QED) is 0.203. The Labute approximate surface area is 158 Å². The van der Waals surface area contributed by atoms with Crippen molar-refractivity contribution in [1.82, 2.24) is 0 Å². The number of carbonyl (C=O) groups excluding carboxylic acids is 3. The van der Waals surface area contributed by atoms with Gasteiger partial charge in [0.15, 0.2) is 0 Å². The lowest BCUT2D eigenvalue weighted by Crippen LogP contribution is -2.30. The van der Waals surface area contributed by atoms with Crippen LogP contribution in [0.3, 0.4) is 0 Å². The minimum atomic E-state index is -0.917. The highest BCUT2D eigenvalue weighted by Gasteiger charge is 2.27. The third-order valence-corrected chi connectivity index (χ3v) is 4.64. The Morgan fingerprint density at radius 1 is 1.22 bits per heavy atom. The van der Waals surface area contributed by atoms with E-state index in [2.05, 4.69) is 15.8 Å². The second-order valence-corrected chi connectivity index (χ2v) is 6.26. The summed E-state index contributed by atoms with van der Waals surface area (Å²) in [6, 6.07) is 8.78. The van der Waals surface area contributed by atoms with Gasteiger partial charge in [-0.3, -0.25) is 9.59 Å². The Morgan fingerprint density at radius 2 is 1.89 bits per heavy atom. The summed E-state index contributed by atoms with van der Waals surface area (Å²) in [5.74, 6) is -2.75. The largest absolute Gasteiger partial charge is 0.462 e. The Bertz CT molecular complexity index is 892. The first-order chi connectivity index (χ1) is 12.9. The maximum absolute atomic E-state index is 12.6. The molecule has 2 amide bonds. The second-order valence-electron chi connectivity index (χ2n) is 5.24. The molecule has 2 rings (SSSR count). The van der Waals surface area contributed by atoms with E-state index < -0.39 is 23.6 Å². The molecule has 0 aliphatic heterocycles. The van der Waals surface area contributed by atoms with Crippen LogP contribution in [-0.2, 0) is 9.53 Å². The molecule has 1 aromatic heterocycles. The van der Waals surface area contributed by atoms with Gasteiger partial charge >= 0.3 is 5.97 Å². The summed E-state index contributed by atoms with van der Waals surface area (Å²) in [5, 5.41) is 16.4. The Morgan fingerprint density at radius 3 is 2.48 bits per heavy atom. The second kappa shape index (κ2) is 8.81. The third-order valence-electron chi connectivity index (χ3n) is 3.43. The van der Waals surface area contributed by atoms with Crippen LogP contribution in [0.4, 0.5) is 10.7 Å². The maximum Gasteiger partial charge on any atom is 0.341 e. The van der Waals surface area contributed by atoms with Crippen molar-refractivity contribution >= 4 is 45.6 Å². The van der Waals surface area contributed by atoms with Crippen molar-refractivity contribution in [1.29, 1.82) is 0 Å². The first-order valence-corrected chi connectivity index (χ1v) is 8.66. The minimum absolute atomic E-state index is 0.0409. The number of oxime groups is 1. The van der Waals surface area contributed by atoms with Gasteiger partial charge in [0.1, 0.15) is 5.00 Å². The minimum Gasteiger partial charge on any atom is -0.462 e. The molecule has 10 heteroatoms. The summed E-state index contributed by atoms with van der Waals surface area (Å²) < 4.78 is 5.00. The molecule has 0 aliphatic rings. The van der Waals surface area contributed by atoms with Gasteiger partial charge in [-0.15, -0.1) is 11.3 Å². The van der Waals surface area contributed by atoms with Crippen molar-refractivity contribution in [3.05, 3.63) is 46.3 Å². The molecule has 5 N–H and O–H groups in total. The Kier molecular flexibility index (Phi) is 6.50. The third kappa shape index (κ3) is 4.61. The predicted molar refractivity (Wildman–Crippen MR) is 101 cm³/mol. The van der Waals surface area contributed by atoms with E-state index in [1.807, 2.05) is 6.07 Å².